The summed E-state index contributed by atoms with van der Waals surface area (Å²) < 4.78 is 105. The lowest BCUT2D eigenvalue weighted by molar-refractivity contribution is -0.140. The normalized spacial score (nSPS) is 15.4. The van der Waals surface area contributed by atoms with Crippen LogP contribution in [0, 0.1) is 5.82 Å². The molecule has 0 saturated carbocycles. The van der Waals surface area contributed by atoms with Gasteiger partial charge in [-0.15, -0.1) is 11.3 Å². The number of carbonyl (C=O) groups is 3. The molecule has 3 amide bonds. The fraction of sp³-hybridized carbons (Fsp3) is 0.343. The van der Waals surface area contributed by atoms with E-state index in [-0.39, 0.29) is 37.9 Å². The SMILES string of the molecule is COc1ccc(C2CCCN(C(=O)OC(C)(C)C)C2)cc1C(=O)Nc1c(C(=O)Nc2ccc(F)c(C(F)(F)F)c2)sc2cc(C(F)(F)F)ccc12. The van der Waals surface area contributed by atoms with Crippen LogP contribution in [0.2, 0.25) is 0 Å². The third kappa shape index (κ3) is 8.55. The van der Waals surface area contributed by atoms with Gasteiger partial charge >= 0.3 is 18.4 Å². The summed E-state index contributed by atoms with van der Waals surface area (Å²) in [4.78, 5) is 41.4. The standard InChI is InChI=1S/C35H32F7N3O5S/c1-33(2,3)50-32(48)45-13-5-6-19(17-45)18-7-12-26(49-4)23(14-18)30(46)44-28-22-10-8-20(34(37,38)39)15-27(22)51-29(28)31(47)43-21-9-11-25(36)24(16-21)35(40,41)42/h7-12,14-16,19H,5-6,13,17H2,1-4H3,(H,43,47)(H,44,46). The van der Waals surface area contributed by atoms with Gasteiger partial charge < -0.3 is 25.0 Å². The van der Waals surface area contributed by atoms with Gasteiger partial charge in [0.25, 0.3) is 11.8 Å². The summed E-state index contributed by atoms with van der Waals surface area (Å²) in [6, 6.07) is 9.27. The van der Waals surface area contributed by atoms with E-state index >= 15 is 0 Å². The van der Waals surface area contributed by atoms with Crippen molar-refractivity contribution in [2.75, 3.05) is 30.8 Å². The van der Waals surface area contributed by atoms with Crippen molar-refractivity contribution < 1.29 is 54.6 Å². The average molecular weight is 740 g/mol. The van der Waals surface area contributed by atoms with Crippen molar-refractivity contribution in [3.8, 4) is 5.75 Å². The number of nitrogens with zero attached hydrogens (tertiary/aromatic N) is 1. The third-order valence-electron chi connectivity index (χ3n) is 8.00. The molecule has 0 aliphatic carbocycles. The predicted molar refractivity (Wildman–Crippen MR) is 177 cm³/mol. The Kier molecular flexibility index (Phi) is 10.3. The summed E-state index contributed by atoms with van der Waals surface area (Å²) in [7, 11) is 1.33. The molecule has 1 saturated heterocycles. The van der Waals surface area contributed by atoms with E-state index in [1.54, 1.807) is 43.9 Å². The van der Waals surface area contributed by atoms with Crippen LogP contribution in [-0.4, -0.2) is 48.6 Å². The molecule has 1 fully saturated rings. The number of amides is 3. The Hall–Kier alpha value is -4.86. The second-order valence-corrected chi connectivity index (χ2v) is 13.9. The number of anilines is 2. The maximum atomic E-state index is 13.9. The summed E-state index contributed by atoms with van der Waals surface area (Å²) in [5, 5.41) is 4.88. The first kappa shape index (κ1) is 37.4. The number of rotatable bonds is 6. The number of hydrogen-bond donors (Lipinski definition) is 2. The number of piperidine rings is 1. The lowest BCUT2D eigenvalue weighted by Gasteiger charge is -2.34. The van der Waals surface area contributed by atoms with Crippen molar-refractivity contribution in [2.45, 2.75) is 57.5 Å². The maximum absolute atomic E-state index is 13.9. The van der Waals surface area contributed by atoms with Crippen LogP contribution in [0.3, 0.4) is 0 Å². The Morgan fingerprint density at radius 2 is 1.61 bits per heavy atom. The monoisotopic (exact) mass is 739 g/mol. The highest BCUT2D eigenvalue weighted by Crippen LogP contribution is 2.41. The minimum Gasteiger partial charge on any atom is -0.496 e. The van der Waals surface area contributed by atoms with E-state index < -0.39 is 58.5 Å². The summed E-state index contributed by atoms with van der Waals surface area (Å²) >= 11 is 0.570. The van der Waals surface area contributed by atoms with Crippen LogP contribution in [-0.2, 0) is 17.1 Å². The van der Waals surface area contributed by atoms with Gasteiger partial charge in [-0.05, 0) is 81.6 Å². The van der Waals surface area contributed by atoms with Gasteiger partial charge in [0.15, 0.2) is 0 Å². The van der Waals surface area contributed by atoms with Crippen LogP contribution in [0.15, 0.2) is 54.6 Å². The molecule has 1 unspecified atom stereocenters. The lowest BCUT2D eigenvalue weighted by Crippen LogP contribution is -2.42. The number of carbonyl (C=O) groups excluding carboxylic acids is 3. The summed E-state index contributed by atoms with van der Waals surface area (Å²) in [5.41, 5.74) is -3.32. The molecule has 16 heteroatoms. The van der Waals surface area contributed by atoms with Gasteiger partial charge in [-0.1, -0.05) is 12.1 Å². The average Bonchev–Trinajstić information content (AvgIpc) is 3.41. The molecule has 1 aliphatic rings. The highest BCUT2D eigenvalue weighted by Gasteiger charge is 2.35. The van der Waals surface area contributed by atoms with Crippen molar-refractivity contribution in [3.05, 3.63) is 87.5 Å². The maximum Gasteiger partial charge on any atom is 0.419 e. The number of likely N-dealkylation sites (tertiary alicyclic amines) is 1. The second kappa shape index (κ2) is 14.0. The molecule has 2 heterocycles. The van der Waals surface area contributed by atoms with E-state index in [9.17, 15) is 45.1 Å². The van der Waals surface area contributed by atoms with E-state index in [4.69, 9.17) is 9.47 Å². The lowest BCUT2D eigenvalue weighted by atomic mass is 9.89. The number of hydrogen-bond acceptors (Lipinski definition) is 6. The largest absolute Gasteiger partial charge is 0.496 e. The first-order valence-electron chi connectivity index (χ1n) is 15.5. The zero-order valence-electron chi connectivity index (χ0n) is 27.6. The van der Waals surface area contributed by atoms with Crippen molar-refractivity contribution in [2.24, 2.45) is 0 Å². The van der Waals surface area contributed by atoms with E-state index in [1.807, 2.05) is 0 Å². The van der Waals surface area contributed by atoms with Crippen molar-refractivity contribution in [3.63, 3.8) is 0 Å². The third-order valence-corrected chi connectivity index (χ3v) is 9.16. The van der Waals surface area contributed by atoms with Crippen LogP contribution in [0.5, 0.6) is 5.75 Å². The van der Waals surface area contributed by atoms with E-state index in [0.29, 0.717) is 55.0 Å². The molecule has 1 aromatic heterocycles. The van der Waals surface area contributed by atoms with Gasteiger partial charge in [0.05, 0.1) is 29.5 Å². The number of nitrogens with one attached hydrogen (secondary N) is 2. The number of methoxy groups -OCH3 is 1. The number of halogens is 7. The quantitative estimate of drug-likeness (QED) is 0.192. The number of benzene rings is 3. The Labute approximate surface area is 291 Å². The van der Waals surface area contributed by atoms with E-state index in [1.165, 1.54) is 7.11 Å². The fourth-order valence-electron chi connectivity index (χ4n) is 5.64. The topological polar surface area (TPSA) is 97.0 Å². The van der Waals surface area contributed by atoms with Crippen LogP contribution >= 0.6 is 11.3 Å². The first-order valence-corrected chi connectivity index (χ1v) is 16.4. The first-order chi connectivity index (χ1) is 23.7. The molecule has 0 bridgehead atoms. The molecule has 1 aliphatic heterocycles. The highest BCUT2D eigenvalue weighted by molar-refractivity contribution is 7.21. The highest BCUT2D eigenvalue weighted by atomic mass is 32.1. The van der Waals surface area contributed by atoms with Crippen LogP contribution < -0.4 is 15.4 Å². The zero-order chi connectivity index (χ0) is 37.5. The molecule has 4 aromatic rings. The predicted octanol–water partition coefficient (Wildman–Crippen LogP) is 9.71. The van der Waals surface area contributed by atoms with Gasteiger partial charge in [0.2, 0.25) is 0 Å². The summed E-state index contributed by atoms with van der Waals surface area (Å²) in [5.74, 6) is -3.50. The Morgan fingerprint density at radius 3 is 2.25 bits per heavy atom. The van der Waals surface area contributed by atoms with Gasteiger partial charge in [0, 0.05) is 34.8 Å². The van der Waals surface area contributed by atoms with E-state index in [2.05, 4.69) is 10.6 Å². The van der Waals surface area contributed by atoms with Crippen molar-refractivity contribution in [1.82, 2.24) is 4.90 Å². The molecule has 272 valence electrons. The van der Waals surface area contributed by atoms with Crippen molar-refractivity contribution in [1.29, 1.82) is 0 Å². The van der Waals surface area contributed by atoms with Gasteiger partial charge in [-0.3, -0.25) is 9.59 Å². The minimum absolute atomic E-state index is 0.00960. The minimum atomic E-state index is -5.07. The Balaban J connectivity index is 1.50. The van der Waals surface area contributed by atoms with Crippen LogP contribution in [0.25, 0.3) is 10.1 Å². The number of fused-ring (bicyclic) bond motifs is 1. The van der Waals surface area contributed by atoms with Gasteiger partial charge in [0.1, 0.15) is 22.0 Å². The Morgan fingerprint density at radius 1 is 0.882 bits per heavy atom. The molecular formula is C35H32F7N3O5S. The molecular weight excluding hydrogens is 707 g/mol. The number of alkyl halides is 6. The van der Waals surface area contributed by atoms with Crippen molar-refractivity contribution >= 4 is 50.7 Å². The molecule has 0 radical (unpaired) electrons. The van der Waals surface area contributed by atoms with Gasteiger partial charge in [-0.25, -0.2) is 9.18 Å². The van der Waals surface area contributed by atoms with E-state index in [0.717, 1.165) is 24.3 Å². The summed E-state index contributed by atoms with van der Waals surface area (Å²) in [6.07, 6.45) is -8.94. The molecule has 1 atom stereocenters. The zero-order valence-corrected chi connectivity index (χ0v) is 28.5. The smallest absolute Gasteiger partial charge is 0.419 e. The van der Waals surface area contributed by atoms with Crippen LogP contribution in [0.4, 0.5) is 46.9 Å². The summed E-state index contributed by atoms with van der Waals surface area (Å²) in [6.45, 7) is 6.07. The van der Waals surface area contributed by atoms with Gasteiger partial charge in [-0.2, -0.15) is 26.3 Å². The molecule has 5 rings (SSSR count). The molecule has 3 aromatic carbocycles. The molecule has 8 nitrogen and oxygen atoms in total. The molecule has 2 N–H and O–H groups in total. The van der Waals surface area contributed by atoms with Crippen LogP contribution in [0.1, 0.15) is 76.3 Å². The second-order valence-electron chi connectivity index (χ2n) is 12.8. The number of thiophene rings is 1. The Bertz CT molecular complexity index is 1990. The molecule has 0 spiro atoms. The number of ether oxygens (including phenoxy) is 2. The molecule has 51 heavy (non-hydrogen) atoms. The fourth-order valence-corrected chi connectivity index (χ4v) is 6.74.